The van der Waals surface area contributed by atoms with Crippen LogP contribution in [-0.2, 0) is 26.0 Å². The summed E-state index contributed by atoms with van der Waals surface area (Å²) in [6, 6.07) is 4.41. The van der Waals surface area contributed by atoms with Crippen molar-refractivity contribution in [1.82, 2.24) is 4.31 Å². The van der Waals surface area contributed by atoms with Crippen LogP contribution < -0.4 is 4.90 Å². The SMILES string of the molecule is CCN(CC(=O)O)S(=O)(=O)c1ccc2c(c1)CC(=O)N2C. The lowest BCUT2D eigenvalue weighted by Crippen LogP contribution is -2.35. The summed E-state index contributed by atoms with van der Waals surface area (Å²) in [6.07, 6.45) is 0.153. The van der Waals surface area contributed by atoms with Gasteiger partial charge in [0.2, 0.25) is 15.9 Å². The topological polar surface area (TPSA) is 95.0 Å². The van der Waals surface area contributed by atoms with Crippen LogP contribution in [0.3, 0.4) is 0 Å². The highest BCUT2D eigenvalue weighted by atomic mass is 32.2. The molecule has 0 saturated heterocycles. The Morgan fingerprint density at radius 2 is 2.10 bits per heavy atom. The van der Waals surface area contributed by atoms with Crippen LogP contribution in [0.1, 0.15) is 12.5 Å². The lowest BCUT2D eigenvalue weighted by atomic mass is 10.2. The first-order valence-electron chi connectivity index (χ1n) is 6.38. The van der Waals surface area contributed by atoms with Gasteiger partial charge in [-0.1, -0.05) is 6.92 Å². The maximum Gasteiger partial charge on any atom is 0.318 e. The van der Waals surface area contributed by atoms with Crippen molar-refractivity contribution in [2.24, 2.45) is 0 Å². The summed E-state index contributed by atoms with van der Waals surface area (Å²) in [5.41, 5.74) is 1.31. The summed E-state index contributed by atoms with van der Waals surface area (Å²) >= 11 is 0. The van der Waals surface area contributed by atoms with Crippen molar-refractivity contribution < 1.29 is 23.1 Å². The average molecular weight is 312 g/mol. The Morgan fingerprint density at radius 3 is 2.67 bits per heavy atom. The second kappa shape index (κ2) is 5.45. The van der Waals surface area contributed by atoms with E-state index in [4.69, 9.17) is 5.11 Å². The smallest absolute Gasteiger partial charge is 0.318 e. The zero-order valence-electron chi connectivity index (χ0n) is 11.7. The zero-order chi connectivity index (χ0) is 15.8. The first-order valence-corrected chi connectivity index (χ1v) is 7.82. The van der Waals surface area contributed by atoms with Crippen LogP contribution in [0.5, 0.6) is 0 Å². The molecule has 1 heterocycles. The summed E-state index contributed by atoms with van der Waals surface area (Å²) in [5.74, 6) is -1.31. The molecule has 1 aromatic rings. The van der Waals surface area contributed by atoms with Gasteiger partial charge in [-0.3, -0.25) is 9.59 Å². The predicted molar refractivity (Wildman–Crippen MR) is 75.6 cm³/mol. The van der Waals surface area contributed by atoms with Crippen LogP contribution in [-0.4, -0.2) is 49.8 Å². The third kappa shape index (κ3) is 2.77. The number of benzene rings is 1. The third-order valence-electron chi connectivity index (χ3n) is 3.43. The number of carbonyl (C=O) groups excluding carboxylic acids is 1. The molecule has 0 bridgehead atoms. The molecular weight excluding hydrogens is 296 g/mol. The van der Waals surface area contributed by atoms with E-state index in [-0.39, 0.29) is 23.8 Å². The van der Waals surface area contributed by atoms with E-state index in [9.17, 15) is 18.0 Å². The lowest BCUT2D eigenvalue weighted by molar-refractivity contribution is -0.137. The van der Waals surface area contributed by atoms with Gasteiger partial charge in [-0.25, -0.2) is 8.42 Å². The molecule has 0 fully saturated rings. The largest absolute Gasteiger partial charge is 0.480 e. The Balaban J connectivity index is 2.40. The Hall–Kier alpha value is -1.93. The van der Waals surface area contributed by atoms with E-state index in [1.165, 1.54) is 17.0 Å². The molecule has 1 aromatic carbocycles. The van der Waals surface area contributed by atoms with Gasteiger partial charge in [0.05, 0.1) is 11.3 Å². The minimum atomic E-state index is -3.88. The molecule has 0 aliphatic carbocycles. The molecule has 1 aliphatic rings. The number of fused-ring (bicyclic) bond motifs is 1. The van der Waals surface area contributed by atoms with Crippen molar-refractivity contribution in [3.63, 3.8) is 0 Å². The molecule has 0 unspecified atom stereocenters. The van der Waals surface area contributed by atoms with Crippen molar-refractivity contribution in [1.29, 1.82) is 0 Å². The van der Waals surface area contributed by atoms with E-state index >= 15 is 0 Å². The molecule has 21 heavy (non-hydrogen) atoms. The molecule has 8 heteroatoms. The van der Waals surface area contributed by atoms with E-state index in [1.54, 1.807) is 20.0 Å². The first-order chi connectivity index (χ1) is 9.77. The average Bonchev–Trinajstić information content (AvgIpc) is 2.70. The number of likely N-dealkylation sites (N-methyl/N-ethyl adjacent to an activating group) is 2. The second-order valence-corrected chi connectivity index (χ2v) is 6.68. The fraction of sp³-hybridized carbons (Fsp3) is 0.385. The van der Waals surface area contributed by atoms with Gasteiger partial charge in [0.15, 0.2) is 0 Å². The molecule has 1 N–H and O–H groups in total. The standard InChI is InChI=1S/C13H16N2O5S/c1-3-15(8-13(17)18)21(19,20)10-4-5-11-9(6-10)7-12(16)14(11)2/h4-6H,3,7-8H2,1-2H3,(H,17,18). The van der Waals surface area contributed by atoms with Gasteiger partial charge in [0.25, 0.3) is 0 Å². The number of sulfonamides is 1. The predicted octanol–water partition coefficient (Wildman–Crippen LogP) is 0.301. The summed E-state index contributed by atoms with van der Waals surface area (Å²) in [6.45, 7) is 1.05. The number of hydrogen-bond acceptors (Lipinski definition) is 4. The molecule has 2 rings (SSSR count). The third-order valence-corrected chi connectivity index (χ3v) is 5.35. The number of anilines is 1. The Bertz CT molecular complexity index is 699. The van der Waals surface area contributed by atoms with E-state index in [1.807, 2.05) is 0 Å². The molecule has 0 atom stereocenters. The molecule has 114 valence electrons. The van der Waals surface area contributed by atoms with Gasteiger partial charge in [0.1, 0.15) is 6.54 Å². The fourth-order valence-electron chi connectivity index (χ4n) is 2.27. The van der Waals surface area contributed by atoms with Gasteiger partial charge in [-0.2, -0.15) is 4.31 Å². The highest BCUT2D eigenvalue weighted by Gasteiger charge is 2.29. The Morgan fingerprint density at radius 1 is 1.43 bits per heavy atom. The molecular formula is C13H16N2O5S. The molecule has 0 radical (unpaired) electrons. The number of hydrogen-bond donors (Lipinski definition) is 1. The molecule has 1 aliphatic heterocycles. The van der Waals surface area contributed by atoms with E-state index < -0.39 is 22.5 Å². The normalized spacial score (nSPS) is 14.6. The van der Waals surface area contributed by atoms with Gasteiger partial charge in [0, 0.05) is 19.3 Å². The van der Waals surface area contributed by atoms with Crippen molar-refractivity contribution >= 4 is 27.6 Å². The molecule has 7 nitrogen and oxygen atoms in total. The van der Waals surface area contributed by atoms with E-state index in [2.05, 4.69) is 0 Å². The van der Waals surface area contributed by atoms with Gasteiger partial charge in [-0.15, -0.1) is 0 Å². The van der Waals surface area contributed by atoms with Crippen molar-refractivity contribution in [2.45, 2.75) is 18.2 Å². The fourth-order valence-corrected chi connectivity index (χ4v) is 3.72. The summed E-state index contributed by atoms with van der Waals surface area (Å²) in [5, 5.41) is 8.79. The van der Waals surface area contributed by atoms with Crippen LogP contribution in [0.4, 0.5) is 5.69 Å². The molecule has 0 spiro atoms. The first kappa shape index (κ1) is 15.5. The van der Waals surface area contributed by atoms with Gasteiger partial charge in [-0.05, 0) is 23.8 Å². The molecule has 0 aromatic heterocycles. The number of carbonyl (C=O) groups is 2. The molecule has 1 amide bonds. The number of amides is 1. The summed E-state index contributed by atoms with van der Waals surface area (Å²) < 4.78 is 25.7. The van der Waals surface area contributed by atoms with Crippen LogP contribution >= 0.6 is 0 Å². The van der Waals surface area contributed by atoms with Crippen molar-refractivity contribution in [3.8, 4) is 0 Å². The number of rotatable bonds is 5. The minimum Gasteiger partial charge on any atom is -0.480 e. The Kier molecular flexibility index (Phi) is 4.02. The zero-order valence-corrected chi connectivity index (χ0v) is 12.6. The maximum atomic E-state index is 12.4. The minimum absolute atomic E-state index is 0.00690. The second-order valence-electron chi connectivity index (χ2n) is 4.75. The highest BCUT2D eigenvalue weighted by Crippen LogP contribution is 2.30. The maximum absolute atomic E-state index is 12.4. The van der Waals surface area contributed by atoms with Crippen molar-refractivity contribution in [2.75, 3.05) is 25.0 Å². The van der Waals surface area contributed by atoms with Crippen LogP contribution in [0, 0.1) is 0 Å². The lowest BCUT2D eigenvalue weighted by Gasteiger charge is -2.19. The van der Waals surface area contributed by atoms with E-state index in [0.717, 1.165) is 4.31 Å². The molecule has 0 saturated carbocycles. The monoisotopic (exact) mass is 312 g/mol. The van der Waals surface area contributed by atoms with Crippen LogP contribution in [0.2, 0.25) is 0 Å². The highest BCUT2D eigenvalue weighted by molar-refractivity contribution is 7.89. The quantitative estimate of drug-likeness (QED) is 0.844. The number of carboxylic acid groups (broad SMARTS) is 1. The number of carboxylic acids is 1. The van der Waals surface area contributed by atoms with Gasteiger partial charge < -0.3 is 10.0 Å². The van der Waals surface area contributed by atoms with Gasteiger partial charge >= 0.3 is 5.97 Å². The van der Waals surface area contributed by atoms with Crippen LogP contribution in [0.15, 0.2) is 23.1 Å². The summed E-state index contributed by atoms with van der Waals surface area (Å²) in [4.78, 5) is 23.9. The van der Waals surface area contributed by atoms with E-state index in [0.29, 0.717) is 11.3 Å². The Labute approximate surface area is 122 Å². The number of aliphatic carboxylic acids is 1. The summed E-state index contributed by atoms with van der Waals surface area (Å²) in [7, 11) is -2.25. The number of nitrogens with zero attached hydrogens (tertiary/aromatic N) is 2. The van der Waals surface area contributed by atoms with Crippen LogP contribution in [0.25, 0.3) is 0 Å². The van der Waals surface area contributed by atoms with Crippen molar-refractivity contribution in [3.05, 3.63) is 23.8 Å².